The molecule has 4 nitrogen and oxygen atoms in total. The van der Waals surface area contributed by atoms with E-state index in [2.05, 4.69) is 5.32 Å². The molecule has 1 unspecified atom stereocenters. The summed E-state index contributed by atoms with van der Waals surface area (Å²) in [7, 11) is 0. The fourth-order valence-corrected chi connectivity index (χ4v) is 2.05. The molecule has 2 aromatic carbocycles. The Morgan fingerprint density at radius 3 is 2.17 bits per heavy atom. The van der Waals surface area contributed by atoms with Crippen LogP contribution >= 0.6 is 12.4 Å². The van der Waals surface area contributed by atoms with Crippen LogP contribution in [0.5, 0.6) is 0 Å². The summed E-state index contributed by atoms with van der Waals surface area (Å²) in [6, 6.07) is 17.6. The van der Waals surface area contributed by atoms with Gasteiger partial charge in [-0.05, 0) is 30.2 Å². The maximum Gasteiger partial charge on any atom is 0.225 e. The van der Waals surface area contributed by atoms with Crippen molar-refractivity contribution in [1.82, 2.24) is 0 Å². The van der Waals surface area contributed by atoms with Crippen LogP contribution in [0.3, 0.4) is 0 Å². The standard InChI is InChI=1S/C18H22N2O2.ClH/c1-14(19)11-18(21)20-17-9-7-16(8-10-17)13-22-12-15-5-3-2-4-6-15;/h2-10,14H,11-13,19H2,1H3,(H,20,21);1H. The van der Waals surface area contributed by atoms with Gasteiger partial charge in [0.05, 0.1) is 13.2 Å². The van der Waals surface area contributed by atoms with Crippen molar-refractivity contribution < 1.29 is 9.53 Å². The molecule has 0 radical (unpaired) electrons. The maximum atomic E-state index is 11.6. The Morgan fingerprint density at radius 2 is 1.61 bits per heavy atom. The molecule has 1 atom stereocenters. The van der Waals surface area contributed by atoms with E-state index in [9.17, 15) is 4.79 Å². The van der Waals surface area contributed by atoms with Gasteiger partial charge in [-0.2, -0.15) is 0 Å². The number of anilines is 1. The lowest BCUT2D eigenvalue weighted by atomic mass is 10.2. The Hall–Kier alpha value is -1.88. The second-order valence-corrected chi connectivity index (χ2v) is 5.40. The molecular formula is C18H23ClN2O2. The Labute approximate surface area is 143 Å². The number of ether oxygens (including phenoxy) is 1. The largest absolute Gasteiger partial charge is 0.372 e. The molecule has 0 saturated heterocycles. The van der Waals surface area contributed by atoms with Crippen LogP contribution in [0.4, 0.5) is 5.69 Å². The lowest BCUT2D eigenvalue weighted by Crippen LogP contribution is -2.23. The molecule has 0 heterocycles. The fourth-order valence-electron chi connectivity index (χ4n) is 2.05. The molecule has 2 aromatic rings. The van der Waals surface area contributed by atoms with Gasteiger partial charge in [-0.25, -0.2) is 0 Å². The topological polar surface area (TPSA) is 64.4 Å². The Morgan fingerprint density at radius 1 is 1.04 bits per heavy atom. The summed E-state index contributed by atoms with van der Waals surface area (Å²) < 4.78 is 5.68. The van der Waals surface area contributed by atoms with Crippen molar-refractivity contribution >= 4 is 24.0 Å². The molecule has 23 heavy (non-hydrogen) atoms. The van der Waals surface area contributed by atoms with Crippen LogP contribution in [0, 0.1) is 0 Å². The third kappa shape index (κ3) is 7.28. The van der Waals surface area contributed by atoms with Crippen LogP contribution in [0.15, 0.2) is 54.6 Å². The molecule has 3 N–H and O–H groups in total. The van der Waals surface area contributed by atoms with Gasteiger partial charge < -0.3 is 15.8 Å². The number of benzene rings is 2. The molecule has 0 aliphatic rings. The molecule has 2 rings (SSSR count). The normalized spacial score (nSPS) is 11.4. The average molecular weight is 335 g/mol. The third-order valence-electron chi connectivity index (χ3n) is 3.13. The highest BCUT2D eigenvalue weighted by atomic mass is 35.5. The predicted molar refractivity (Wildman–Crippen MR) is 95.5 cm³/mol. The summed E-state index contributed by atoms with van der Waals surface area (Å²) >= 11 is 0. The highest BCUT2D eigenvalue weighted by Gasteiger charge is 2.05. The van der Waals surface area contributed by atoms with Crippen LogP contribution < -0.4 is 11.1 Å². The zero-order valence-corrected chi connectivity index (χ0v) is 14.0. The predicted octanol–water partition coefficient (Wildman–Crippen LogP) is 3.50. The van der Waals surface area contributed by atoms with Crippen LogP contribution in [0.1, 0.15) is 24.5 Å². The highest BCUT2D eigenvalue weighted by Crippen LogP contribution is 2.12. The number of rotatable bonds is 7. The van der Waals surface area contributed by atoms with Gasteiger partial charge >= 0.3 is 0 Å². The van der Waals surface area contributed by atoms with E-state index in [4.69, 9.17) is 10.5 Å². The van der Waals surface area contributed by atoms with E-state index in [0.717, 1.165) is 16.8 Å². The van der Waals surface area contributed by atoms with Gasteiger partial charge in [0.25, 0.3) is 0 Å². The molecule has 1 amide bonds. The van der Waals surface area contributed by atoms with Gasteiger partial charge in [0.1, 0.15) is 0 Å². The van der Waals surface area contributed by atoms with Gasteiger partial charge in [-0.3, -0.25) is 4.79 Å². The molecule has 0 spiro atoms. The van der Waals surface area contributed by atoms with Crippen molar-refractivity contribution in [3.05, 3.63) is 65.7 Å². The molecule has 0 bridgehead atoms. The minimum atomic E-state index is -0.134. The van der Waals surface area contributed by atoms with Crippen molar-refractivity contribution in [2.24, 2.45) is 5.73 Å². The lowest BCUT2D eigenvalue weighted by Gasteiger charge is -2.08. The Kier molecular flexibility index (Phi) is 8.33. The first-order valence-corrected chi connectivity index (χ1v) is 7.39. The maximum absolute atomic E-state index is 11.6. The first kappa shape index (κ1) is 19.2. The number of halogens is 1. The minimum Gasteiger partial charge on any atom is -0.372 e. The Bertz CT molecular complexity index is 586. The molecule has 124 valence electrons. The molecule has 0 aromatic heterocycles. The van der Waals surface area contributed by atoms with Crippen molar-refractivity contribution in [2.75, 3.05) is 5.32 Å². The van der Waals surface area contributed by atoms with Crippen LogP contribution in [-0.2, 0) is 22.7 Å². The number of nitrogens with two attached hydrogens (primary N) is 1. The number of hydrogen-bond donors (Lipinski definition) is 2. The van der Waals surface area contributed by atoms with Gasteiger partial charge in [0.2, 0.25) is 5.91 Å². The van der Waals surface area contributed by atoms with Gasteiger partial charge in [0, 0.05) is 18.2 Å². The number of carbonyl (C=O) groups is 1. The number of amides is 1. The molecule has 5 heteroatoms. The summed E-state index contributed by atoms with van der Waals surface area (Å²) in [6.45, 7) is 2.95. The molecule has 0 saturated carbocycles. The molecule has 0 aliphatic carbocycles. The molecular weight excluding hydrogens is 312 g/mol. The summed E-state index contributed by atoms with van der Waals surface area (Å²) in [5.74, 6) is -0.0666. The SMILES string of the molecule is CC(N)CC(=O)Nc1ccc(COCc2ccccc2)cc1.Cl. The first-order chi connectivity index (χ1) is 10.6. The van der Waals surface area contributed by atoms with Crippen molar-refractivity contribution in [1.29, 1.82) is 0 Å². The van der Waals surface area contributed by atoms with E-state index >= 15 is 0 Å². The van der Waals surface area contributed by atoms with E-state index in [-0.39, 0.29) is 24.4 Å². The van der Waals surface area contributed by atoms with Crippen molar-refractivity contribution in [3.63, 3.8) is 0 Å². The van der Waals surface area contributed by atoms with Crippen molar-refractivity contribution in [2.45, 2.75) is 32.6 Å². The zero-order chi connectivity index (χ0) is 15.8. The quantitative estimate of drug-likeness (QED) is 0.814. The van der Waals surface area contributed by atoms with E-state index in [0.29, 0.717) is 19.6 Å². The van der Waals surface area contributed by atoms with E-state index in [1.807, 2.05) is 61.5 Å². The van der Waals surface area contributed by atoms with Gasteiger partial charge in [-0.1, -0.05) is 42.5 Å². The smallest absolute Gasteiger partial charge is 0.225 e. The Balaban J connectivity index is 0.00000264. The van der Waals surface area contributed by atoms with Crippen LogP contribution in [-0.4, -0.2) is 11.9 Å². The lowest BCUT2D eigenvalue weighted by molar-refractivity contribution is -0.116. The summed E-state index contributed by atoms with van der Waals surface area (Å²) in [5, 5.41) is 2.82. The first-order valence-electron chi connectivity index (χ1n) is 7.39. The summed E-state index contributed by atoms with van der Waals surface area (Å²) in [5.41, 5.74) is 8.60. The highest BCUT2D eigenvalue weighted by molar-refractivity contribution is 5.91. The fraction of sp³-hybridized carbons (Fsp3) is 0.278. The number of hydrogen-bond acceptors (Lipinski definition) is 3. The number of carbonyl (C=O) groups excluding carboxylic acids is 1. The summed E-state index contributed by atoms with van der Waals surface area (Å²) in [4.78, 5) is 11.6. The summed E-state index contributed by atoms with van der Waals surface area (Å²) in [6.07, 6.45) is 0.321. The second-order valence-electron chi connectivity index (χ2n) is 5.40. The van der Waals surface area contributed by atoms with Gasteiger partial charge in [-0.15, -0.1) is 12.4 Å². The molecule has 0 aliphatic heterocycles. The van der Waals surface area contributed by atoms with E-state index < -0.39 is 0 Å². The minimum absolute atomic E-state index is 0. The van der Waals surface area contributed by atoms with Gasteiger partial charge in [0.15, 0.2) is 0 Å². The second kappa shape index (κ2) is 10.0. The van der Waals surface area contributed by atoms with Crippen LogP contribution in [0.2, 0.25) is 0 Å². The zero-order valence-electron chi connectivity index (χ0n) is 13.2. The molecule has 0 fully saturated rings. The monoisotopic (exact) mass is 334 g/mol. The third-order valence-corrected chi connectivity index (χ3v) is 3.13. The van der Waals surface area contributed by atoms with E-state index in [1.54, 1.807) is 0 Å². The van der Waals surface area contributed by atoms with Crippen molar-refractivity contribution in [3.8, 4) is 0 Å². The number of nitrogens with one attached hydrogen (secondary N) is 1. The average Bonchev–Trinajstić information content (AvgIpc) is 2.49. The van der Waals surface area contributed by atoms with Crippen LogP contribution in [0.25, 0.3) is 0 Å². The van der Waals surface area contributed by atoms with E-state index in [1.165, 1.54) is 0 Å².